The average molecular weight is 231 g/mol. The van der Waals surface area contributed by atoms with Crippen LogP contribution in [0.25, 0.3) is 0 Å². The summed E-state index contributed by atoms with van der Waals surface area (Å²) in [4.78, 5) is 19.6. The van der Waals surface area contributed by atoms with Gasteiger partial charge in [0, 0.05) is 5.92 Å². The number of nitrogens with one attached hydrogen (secondary N) is 1. The SMILES string of the molecule is CCCCCCNC.C[C@H](C=O)CC(=O)O. The molecule has 0 aromatic heterocycles. The zero-order valence-electron chi connectivity index (χ0n) is 10.7. The summed E-state index contributed by atoms with van der Waals surface area (Å²) in [5.74, 6) is -1.28. The molecule has 0 radical (unpaired) electrons. The summed E-state index contributed by atoms with van der Waals surface area (Å²) < 4.78 is 0. The van der Waals surface area contributed by atoms with Gasteiger partial charge in [0.25, 0.3) is 0 Å². The molecule has 0 rings (SSSR count). The first-order valence-corrected chi connectivity index (χ1v) is 5.90. The van der Waals surface area contributed by atoms with E-state index in [9.17, 15) is 9.59 Å². The molecule has 0 saturated carbocycles. The van der Waals surface area contributed by atoms with Crippen molar-refractivity contribution in [3.63, 3.8) is 0 Å². The second-order valence-electron chi connectivity index (χ2n) is 3.88. The Hall–Kier alpha value is -0.900. The molecule has 0 aliphatic rings. The van der Waals surface area contributed by atoms with Crippen LogP contribution in [0.3, 0.4) is 0 Å². The van der Waals surface area contributed by atoms with Crippen LogP contribution in [0.5, 0.6) is 0 Å². The highest BCUT2D eigenvalue weighted by atomic mass is 16.4. The molecule has 0 heterocycles. The molecule has 96 valence electrons. The lowest BCUT2D eigenvalue weighted by Gasteiger charge is -1.95. The molecule has 2 N–H and O–H groups in total. The molecule has 0 aromatic carbocycles. The van der Waals surface area contributed by atoms with Crippen LogP contribution in [-0.2, 0) is 9.59 Å². The molecule has 0 unspecified atom stereocenters. The van der Waals surface area contributed by atoms with E-state index in [1.807, 2.05) is 7.05 Å². The minimum absolute atomic E-state index is 0.0660. The summed E-state index contributed by atoms with van der Waals surface area (Å²) >= 11 is 0. The van der Waals surface area contributed by atoms with Crippen molar-refractivity contribution >= 4 is 12.3 Å². The number of hydrogen-bond donors (Lipinski definition) is 2. The predicted octanol–water partition coefficient (Wildman–Crippen LogP) is 2.08. The van der Waals surface area contributed by atoms with E-state index in [1.165, 1.54) is 32.2 Å². The monoisotopic (exact) mass is 231 g/mol. The summed E-state index contributed by atoms with van der Waals surface area (Å²) in [6.07, 6.45) is 6.02. The van der Waals surface area contributed by atoms with Gasteiger partial charge in [-0.3, -0.25) is 4.79 Å². The molecule has 0 aliphatic heterocycles. The van der Waals surface area contributed by atoms with Gasteiger partial charge in [-0.25, -0.2) is 0 Å². The third-order valence-electron chi connectivity index (χ3n) is 2.01. The third-order valence-corrected chi connectivity index (χ3v) is 2.01. The quantitative estimate of drug-likeness (QED) is 0.496. The molecule has 16 heavy (non-hydrogen) atoms. The highest BCUT2D eigenvalue weighted by Gasteiger charge is 2.03. The van der Waals surface area contributed by atoms with E-state index < -0.39 is 5.97 Å². The Kier molecular flexibility index (Phi) is 15.4. The van der Waals surface area contributed by atoms with E-state index in [4.69, 9.17) is 5.11 Å². The summed E-state index contributed by atoms with van der Waals surface area (Å²) in [6.45, 7) is 4.99. The summed E-state index contributed by atoms with van der Waals surface area (Å²) in [6, 6.07) is 0. The van der Waals surface area contributed by atoms with Gasteiger partial charge in [-0.05, 0) is 20.0 Å². The van der Waals surface area contributed by atoms with E-state index in [1.54, 1.807) is 6.92 Å². The number of aliphatic carboxylic acids is 1. The van der Waals surface area contributed by atoms with Crippen LogP contribution < -0.4 is 5.32 Å². The van der Waals surface area contributed by atoms with Crippen molar-refractivity contribution in [2.45, 2.75) is 46.0 Å². The summed E-state index contributed by atoms with van der Waals surface area (Å²) in [7, 11) is 2.01. The van der Waals surface area contributed by atoms with Crippen LogP contribution in [0.1, 0.15) is 46.0 Å². The number of carboxylic acid groups (broad SMARTS) is 1. The largest absolute Gasteiger partial charge is 0.481 e. The molecule has 0 aromatic rings. The van der Waals surface area contributed by atoms with Gasteiger partial charge in [-0.2, -0.15) is 0 Å². The van der Waals surface area contributed by atoms with E-state index in [-0.39, 0.29) is 12.3 Å². The maximum absolute atomic E-state index is 9.81. The van der Waals surface area contributed by atoms with Crippen LogP contribution >= 0.6 is 0 Å². The minimum atomic E-state index is -0.926. The molecule has 0 aliphatic carbocycles. The van der Waals surface area contributed by atoms with Crippen molar-refractivity contribution in [3.8, 4) is 0 Å². The van der Waals surface area contributed by atoms with Gasteiger partial charge in [0.1, 0.15) is 6.29 Å². The zero-order chi connectivity index (χ0) is 12.8. The Labute approximate surface area is 98.4 Å². The van der Waals surface area contributed by atoms with Crippen LogP contribution in [-0.4, -0.2) is 31.0 Å². The number of unbranched alkanes of at least 4 members (excludes halogenated alkanes) is 3. The lowest BCUT2D eigenvalue weighted by atomic mass is 10.1. The highest BCUT2D eigenvalue weighted by Crippen LogP contribution is 1.96. The molecule has 0 amide bonds. The Morgan fingerprint density at radius 1 is 1.38 bits per heavy atom. The van der Waals surface area contributed by atoms with Crippen molar-refractivity contribution in [1.29, 1.82) is 0 Å². The fourth-order valence-electron chi connectivity index (χ4n) is 1.05. The smallest absolute Gasteiger partial charge is 0.304 e. The third kappa shape index (κ3) is 18.8. The second-order valence-corrected chi connectivity index (χ2v) is 3.88. The molecule has 0 bridgehead atoms. The Morgan fingerprint density at radius 3 is 2.31 bits per heavy atom. The van der Waals surface area contributed by atoms with Crippen LogP contribution in [0, 0.1) is 5.92 Å². The minimum Gasteiger partial charge on any atom is -0.481 e. The topological polar surface area (TPSA) is 66.4 Å². The lowest BCUT2D eigenvalue weighted by Crippen LogP contribution is -2.06. The number of hydrogen-bond acceptors (Lipinski definition) is 3. The number of aldehydes is 1. The Morgan fingerprint density at radius 2 is 2.00 bits per heavy atom. The van der Waals surface area contributed by atoms with Crippen molar-refractivity contribution in [1.82, 2.24) is 5.32 Å². The number of carbonyl (C=O) groups is 2. The maximum Gasteiger partial charge on any atom is 0.304 e. The predicted molar refractivity (Wildman–Crippen MR) is 65.5 cm³/mol. The van der Waals surface area contributed by atoms with Crippen molar-refractivity contribution < 1.29 is 14.7 Å². The first-order valence-electron chi connectivity index (χ1n) is 5.90. The molecule has 0 saturated heterocycles. The second kappa shape index (κ2) is 14.1. The van der Waals surface area contributed by atoms with Crippen LogP contribution in [0.15, 0.2) is 0 Å². The van der Waals surface area contributed by atoms with Gasteiger partial charge >= 0.3 is 5.97 Å². The molecule has 4 nitrogen and oxygen atoms in total. The summed E-state index contributed by atoms with van der Waals surface area (Å²) in [5.41, 5.74) is 0. The Balaban J connectivity index is 0. The van der Waals surface area contributed by atoms with E-state index >= 15 is 0 Å². The molecular formula is C12H25NO3. The number of carboxylic acids is 1. The highest BCUT2D eigenvalue weighted by molar-refractivity contribution is 5.71. The molecule has 0 spiro atoms. The fraction of sp³-hybridized carbons (Fsp3) is 0.833. The number of carbonyl (C=O) groups excluding carboxylic acids is 1. The van der Waals surface area contributed by atoms with Gasteiger partial charge < -0.3 is 15.2 Å². The average Bonchev–Trinajstić information content (AvgIpc) is 2.24. The molecule has 0 fully saturated rings. The van der Waals surface area contributed by atoms with Crippen LogP contribution in [0.4, 0.5) is 0 Å². The van der Waals surface area contributed by atoms with Gasteiger partial charge in [-0.1, -0.05) is 33.1 Å². The van der Waals surface area contributed by atoms with Gasteiger partial charge in [0.2, 0.25) is 0 Å². The van der Waals surface area contributed by atoms with Gasteiger partial charge in [-0.15, -0.1) is 0 Å². The van der Waals surface area contributed by atoms with Gasteiger partial charge in [0.05, 0.1) is 6.42 Å². The summed E-state index contributed by atoms with van der Waals surface area (Å²) in [5, 5.41) is 11.2. The van der Waals surface area contributed by atoms with E-state index in [0.29, 0.717) is 6.29 Å². The molecular weight excluding hydrogens is 206 g/mol. The Bertz CT molecular complexity index is 166. The zero-order valence-corrected chi connectivity index (χ0v) is 10.7. The fourth-order valence-corrected chi connectivity index (χ4v) is 1.05. The van der Waals surface area contributed by atoms with E-state index in [0.717, 1.165) is 0 Å². The maximum atomic E-state index is 9.81. The lowest BCUT2D eigenvalue weighted by molar-refractivity contribution is -0.139. The van der Waals surface area contributed by atoms with E-state index in [2.05, 4.69) is 12.2 Å². The van der Waals surface area contributed by atoms with Crippen LogP contribution in [0.2, 0.25) is 0 Å². The van der Waals surface area contributed by atoms with Crippen molar-refractivity contribution in [3.05, 3.63) is 0 Å². The standard InChI is InChI=1S/C7H17N.C5H8O3/c1-3-4-5-6-7-8-2;1-4(3-6)2-5(7)8/h8H,3-7H2,1-2H3;3-4H,2H2,1H3,(H,7,8)/t;4-/m.0/s1. The molecule has 4 heteroatoms. The van der Waals surface area contributed by atoms with Crippen molar-refractivity contribution in [2.75, 3.05) is 13.6 Å². The first kappa shape index (κ1) is 17.5. The molecule has 1 atom stereocenters. The normalized spacial score (nSPS) is 11.2. The number of rotatable bonds is 8. The van der Waals surface area contributed by atoms with Crippen molar-refractivity contribution in [2.24, 2.45) is 5.92 Å². The van der Waals surface area contributed by atoms with Gasteiger partial charge in [0.15, 0.2) is 0 Å². The first-order chi connectivity index (χ1) is 7.58.